The Hall–Kier alpha value is -2.85. The molecular weight excluding hydrogens is 338 g/mol. The summed E-state index contributed by atoms with van der Waals surface area (Å²) in [6.45, 7) is 6.17. The van der Waals surface area contributed by atoms with Gasteiger partial charge in [0.25, 0.3) is 0 Å². The molecule has 0 atom stereocenters. The second kappa shape index (κ2) is 7.36. The molecule has 0 spiro atoms. The van der Waals surface area contributed by atoms with E-state index in [0.717, 1.165) is 16.9 Å². The summed E-state index contributed by atoms with van der Waals surface area (Å²) in [6.07, 6.45) is 1.66. The van der Waals surface area contributed by atoms with E-state index in [1.54, 1.807) is 24.3 Å². The summed E-state index contributed by atoms with van der Waals surface area (Å²) in [6, 6.07) is 14.4. The van der Waals surface area contributed by atoms with Crippen molar-refractivity contribution in [1.82, 2.24) is 0 Å². The van der Waals surface area contributed by atoms with Gasteiger partial charge in [0.2, 0.25) is 5.90 Å². The van der Waals surface area contributed by atoms with Gasteiger partial charge in [0.1, 0.15) is 12.4 Å². The van der Waals surface area contributed by atoms with E-state index in [1.807, 2.05) is 37.3 Å². The number of aliphatic imine (C=N–C) groups is 1. The van der Waals surface area contributed by atoms with E-state index >= 15 is 0 Å². The van der Waals surface area contributed by atoms with Crippen LogP contribution in [0.2, 0.25) is 5.02 Å². The minimum Gasteiger partial charge on any atom is -0.489 e. The van der Waals surface area contributed by atoms with Crippen molar-refractivity contribution in [2.24, 2.45) is 4.99 Å². The average molecular weight is 354 g/mol. The molecule has 1 heterocycles. The fourth-order valence-corrected chi connectivity index (χ4v) is 2.40. The van der Waals surface area contributed by atoms with Crippen LogP contribution in [0, 0.1) is 0 Å². The summed E-state index contributed by atoms with van der Waals surface area (Å²) in [4.78, 5) is 16.3. The molecule has 25 heavy (non-hydrogen) atoms. The van der Waals surface area contributed by atoms with Crippen LogP contribution >= 0.6 is 11.6 Å². The van der Waals surface area contributed by atoms with Crippen LogP contribution in [0.15, 0.2) is 71.4 Å². The zero-order valence-electron chi connectivity index (χ0n) is 13.7. The highest BCUT2D eigenvalue weighted by atomic mass is 35.5. The highest BCUT2D eigenvalue weighted by Crippen LogP contribution is 2.24. The molecule has 0 saturated carbocycles. The van der Waals surface area contributed by atoms with Gasteiger partial charge in [-0.2, -0.15) is 0 Å². The van der Waals surface area contributed by atoms with Crippen LogP contribution in [0.1, 0.15) is 18.1 Å². The topological polar surface area (TPSA) is 47.9 Å². The lowest BCUT2D eigenvalue weighted by molar-refractivity contribution is -0.129. The summed E-state index contributed by atoms with van der Waals surface area (Å²) < 4.78 is 10.8. The molecule has 0 fully saturated rings. The molecule has 0 unspecified atom stereocenters. The highest BCUT2D eigenvalue weighted by molar-refractivity contribution is 6.34. The molecule has 0 aliphatic carbocycles. The third-order valence-electron chi connectivity index (χ3n) is 3.39. The van der Waals surface area contributed by atoms with Crippen LogP contribution in [0.4, 0.5) is 0 Å². The Morgan fingerprint density at radius 3 is 2.64 bits per heavy atom. The van der Waals surface area contributed by atoms with Gasteiger partial charge in [-0.05, 0) is 48.4 Å². The summed E-state index contributed by atoms with van der Waals surface area (Å²) in [5.74, 6) is 0.445. The van der Waals surface area contributed by atoms with Gasteiger partial charge in [0, 0.05) is 0 Å². The molecule has 0 saturated heterocycles. The molecule has 0 radical (unpaired) electrons. The predicted octanol–water partition coefficient (Wildman–Crippen LogP) is 4.64. The Labute approximate surface area is 151 Å². The molecule has 2 aromatic rings. The normalized spacial score (nSPS) is 15.0. The van der Waals surface area contributed by atoms with Crippen LogP contribution in [-0.2, 0) is 9.53 Å². The molecule has 126 valence electrons. The Morgan fingerprint density at radius 2 is 1.96 bits per heavy atom. The van der Waals surface area contributed by atoms with Gasteiger partial charge < -0.3 is 9.47 Å². The minimum atomic E-state index is -0.502. The smallest absolute Gasteiger partial charge is 0.363 e. The number of benzene rings is 2. The number of hydrogen-bond acceptors (Lipinski definition) is 4. The van der Waals surface area contributed by atoms with Crippen molar-refractivity contribution in [1.29, 1.82) is 0 Å². The standard InChI is InChI=1S/C20H16ClNO3/c1-13(2)12-24-15-9-7-14(8-10-15)11-18-20(23)25-19(22-18)16-5-3-4-6-17(16)21/h3-11H,1,12H2,2H3/b18-11-. The monoisotopic (exact) mass is 353 g/mol. The molecule has 0 N–H and O–H groups in total. The molecule has 0 aromatic heterocycles. The van der Waals surface area contributed by atoms with Gasteiger partial charge in [-0.25, -0.2) is 9.79 Å². The second-order valence-electron chi connectivity index (χ2n) is 5.63. The third-order valence-corrected chi connectivity index (χ3v) is 3.72. The average Bonchev–Trinajstić information content (AvgIpc) is 2.95. The number of ether oxygens (including phenoxy) is 2. The summed E-state index contributed by atoms with van der Waals surface area (Å²) in [7, 11) is 0. The number of carbonyl (C=O) groups excluding carboxylic acids is 1. The van der Waals surface area contributed by atoms with Gasteiger partial charge in [-0.15, -0.1) is 0 Å². The fourth-order valence-electron chi connectivity index (χ4n) is 2.18. The second-order valence-corrected chi connectivity index (χ2v) is 6.04. The first-order valence-corrected chi connectivity index (χ1v) is 8.05. The van der Waals surface area contributed by atoms with E-state index in [9.17, 15) is 4.79 Å². The van der Waals surface area contributed by atoms with Crippen molar-refractivity contribution < 1.29 is 14.3 Å². The van der Waals surface area contributed by atoms with E-state index in [4.69, 9.17) is 21.1 Å². The summed E-state index contributed by atoms with van der Waals surface area (Å²) in [5.41, 5.74) is 2.58. The molecule has 0 amide bonds. The van der Waals surface area contributed by atoms with Crippen molar-refractivity contribution >= 4 is 29.5 Å². The number of hydrogen-bond donors (Lipinski definition) is 0. The summed E-state index contributed by atoms with van der Waals surface area (Å²) >= 11 is 6.12. The molecule has 3 rings (SSSR count). The number of carbonyl (C=O) groups is 1. The lowest BCUT2D eigenvalue weighted by Gasteiger charge is -2.05. The summed E-state index contributed by atoms with van der Waals surface area (Å²) in [5, 5.41) is 0.481. The van der Waals surface area contributed by atoms with Crippen molar-refractivity contribution in [2.45, 2.75) is 6.92 Å². The zero-order chi connectivity index (χ0) is 17.8. The molecule has 5 heteroatoms. The lowest BCUT2D eigenvalue weighted by atomic mass is 10.2. The third kappa shape index (κ3) is 4.17. The highest BCUT2D eigenvalue weighted by Gasteiger charge is 2.25. The maximum absolute atomic E-state index is 12.0. The van der Waals surface area contributed by atoms with Gasteiger partial charge in [-0.3, -0.25) is 0 Å². The first-order valence-electron chi connectivity index (χ1n) is 7.67. The molecule has 4 nitrogen and oxygen atoms in total. The number of nitrogens with zero attached hydrogens (tertiary/aromatic N) is 1. The SMILES string of the molecule is C=C(C)COc1ccc(/C=C2\N=C(c3ccccc3Cl)OC2=O)cc1. The zero-order valence-corrected chi connectivity index (χ0v) is 14.4. The van der Waals surface area contributed by atoms with Gasteiger partial charge >= 0.3 is 5.97 Å². The van der Waals surface area contributed by atoms with Crippen molar-refractivity contribution in [2.75, 3.05) is 6.61 Å². The molecule has 1 aliphatic rings. The maximum Gasteiger partial charge on any atom is 0.363 e. The molecular formula is C20H16ClNO3. The fraction of sp³-hybridized carbons (Fsp3) is 0.100. The van der Waals surface area contributed by atoms with E-state index in [1.165, 1.54) is 0 Å². The van der Waals surface area contributed by atoms with Crippen molar-refractivity contribution in [3.8, 4) is 5.75 Å². The Morgan fingerprint density at radius 1 is 1.24 bits per heavy atom. The number of cyclic esters (lactones) is 1. The van der Waals surface area contributed by atoms with Gasteiger partial charge in [0.15, 0.2) is 5.70 Å². The Kier molecular flexibility index (Phi) is 5.00. The van der Waals surface area contributed by atoms with Gasteiger partial charge in [-0.1, -0.05) is 42.4 Å². The van der Waals surface area contributed by atoms with Crippen molar-refractivity contribution in [3.05, 3.63) is 82.5 Å². The molecule has 1 aliphatic heterocycles. The Balaban J connectivity index is 1.80. The van der Waals surface area contributed by atoms with E-state index in [2.05, 4.69) is 11.6 Å². The predicted molar refractivity (Wildman–Crippen MR) is 98.8 cm³/mol. The number of esters is 1. The van der Waals surface area contributed by atoms with Crippen LogP contribution in [-0.4, -0.2) is 18.5 Å². The Bertz CT molecular complexity index is 882. The quantitative estimate of drug-likeness (QED) is 0.447. The maximum atomic E-state index is 12.0. The van der Waals surface area contributed by atoms with Crippen LogP contribution < -0.4 is 4.74 Å². The number of halogens is 1. The number of rotatable bonds is 5. The van der Waals surface area contributed by atoms with Crippen LogP contribution in [0.3, 0.4) is 0 Å². The first-order chi connectivity index (χ1) is 12.0. The lowest BCUT2D eigenvalue weighted by Crippen LogP contribution is -2.05. The van der Waals surface area contributed by atoms with E-state index < -0.39 is 5.97 Å². The van der Waals surface area contributed by atoms with E-state index in [0.29, 0.717) is 17.2 Å². The largest absolute Gasteiger partial charge is 0.489 e. The van der Waals surface area contributed by atoms with Gasteiger partial charge in [0.05, 0.1) is 10.6 Å². The van der Waals surface area contributed by atoms with E-state index in [-0.39, 0.29) is 11.6 Å². The first kappa shape index (κ1) is 17.0. The van der Waals surface area contributed by atoms with Crippen molar-refractivity contribution in [3.63, 3.8) is 0 Å². The molecule has 2 aromatic carbocycles. The molecule has 0 bridgehead atoms. The van der Waals surface area contributed by atoms with Crippen LogP contribution in [0.25, 0.3) is 6.08 Å². The van der Waals surface area contributed by atoms with Crippen LogP contribution in [0.5, 0.6) is 5.75 Å². The minimum absolute atomic E-state index is 0.211.